The number of rotatable bonds is 11. The maximum absolute atomic E-state index is 12.8. The van der Waals surface area contributed by atoms with E-state index in [4.69, 9.17) is 17.7 Å². The van der Waals surface area contributed by atoms with Crippen LogP contribution in [0.4, 0.5) is 0 Å². The number of furan rings is 4. The molecule has 0 aliphatic rings. The highest BCUT2D eigenvalue weighted by atomic mass is 16.3. The van der Waals surface area contributed by atoms with Crippen LogP contribution < -0.4 is 21.3 Å². The summed E-state index contributed by atoms with van der Waals surface area (Å²) in [6.07, 6.45) is 8.21. The molecule has 0 bridgehead atoms. The van der Waals surface area contributed by atoms with E-state index in [1.54, 1.807) is 36.4 Å². The van der Waals surface area contributed by atoms with E-state index in [1.807, 2.05) is 0 Å². The van der Waals surface area contributed by atoms with Crippen LogP contribution in [0, 0.1) is 0 Å². The Labute approximate surface area is 215 Å². The van der Waals surface area contributed by atoms with E-state index < -0.39 is 23.6 Å². The molecule has 0 aliphatic heterocycles. The van der Waals surface area contributed by atoms with Gasteiger partial charge in [-0.25, -0.2) is 0 Å². The third-order valence-corrected chi connectivity index (χ3v) is 4.83. The molecule has 4 amide bonds. The lowest BCUT2D eigenvalue weighted by atomic mass is 10.3. The zero-order valence-electron chi connectivity index (χ0n) is 19.8. The molecule has 0 fully saturated rings. The van der Waals surface area contributed by atoms with E-state index in [2.05, 4.69) is 21.3 Å². The molecule has 0 unspecified atom stereocenters. The van der Waals surface area contributed by atoms with Gasteiger partial charge in [-0.3, -0.25) is 19.2 Å². The van der Waals surface area contributed by atoms with E-state index in [1.165, 1.54) is 49.3 Å². The molecule has 0 saturated carbocycles. The van der Waals surface area contributed by atoms with Crippen LogP contribution in [0.3, 0.4) is 0 Å². The fraction of sp³-hybridized carbons (Fsp3) is 0.0769. The Bertz CT molecular complexity index is 1300. The number of hydrogen-bond donors (Lipinski definition) is 4. The Balaban J connectivity index is 1.35. The molecule has 0 aliphatic carbocycles. The Morgan fingerprint density at radius 3 is 1.32 bits per heavy atom. The van der Waals surface area contributed by atoms with Gasteiger partial charge in [-0.1, -0.05) is 0 Å². The maximum atomic E-state index is 12.8. The molecule has 12 nitrogen and oxygen atoms in total. The van der Waals surface area contributed by atoms with E-state index in [0.29, 0.717) is 11.5 Å². The number of hydrogen-bond acceptors (Lipinski definition) is 8. The zero-order chi connectivity index (χ0) is 26.7. The predicted molar refractivity (Wildman–Crippen MR) is 132 cm³/mol. The molecule has 4 aromatic rings. The molecule has 4 rings (SSSR count). The van der Waals surface area contributed by atoms with Crippen molar-refractivity contribution in [3.63, 3.8) is 0 Å². The predicted octanol–water partition coefficient (Wildman–Crippen LogP) is 2.53. The minimum absolute atomic E-state index is 0.00312. The zero-order valence-corrected chi connectivity index (χ0v) is 19.8. The molecule has 0 aromatic carbocycles. The molecule has 12 heteroatoms. The van der Waals surface area contributed by atoms with Crippen molar-refractivity contribution >= 4 is 35.8 Å². The molecule has 38 heavy (non-hydrogen) atoms. The molecule has 4 N–H and O–H groups in total. The van der Waals surface area contributed by atoms with Gasteiger partial charge in [0.2, 0.25) is 0 Å². The summed E-state index contributed by atoms with van der Waals surface area (Å²) in [6.45, 7) is -0.00624. The van der Waals surface area contributed by atoms with Gasteiger partial charge in [0.05, 0.1) is 25.1 Å². The fourth-order valence-corrected chi connectivity index (χ4v) is 3.07. The van der Waals surface area contributed by atoms with E-state index in [9.17, 15) is 19.2 Å². The van der Waals surface area contributed by atoms with E-state index in [0.717, 1.165) is 0 Å². The summed E-state index contributed by atoms with van der Waals surface area (Å²) in [6, 6.07) is 12.5. The summed E-state index contributed by atoms with van der Waals surface area (Å²) in [5, 5.41) is 10.2. The van der Waals surface area contributed by atoms with Crippen LogP contribution in [0.1, 0.15) is 32.6 Å². The summed E-state index contributed by atoms with van der Waals surface area (Å²) in [5.74, 6) is -1.81. The lowest BCUT2D eigenvalue weighted by Crippen LogP contribution is -2.41. The van der Waals surface area contributed by atoms with Gasteiger partial charge in [-0.05, 0) is 48.5 Å². The van der Waals surface area contributed by atoms with Crippen LogP contribution in [-0.4, -0.2) is 36.7 Å². The van der Waals surface area contributed by atoms with Crippen molar-refractivity contribution in [2.45, 2.75) is 0 Å². The second kappa shape index (κ2) is 12.4. The molecule has 0 atom stereocenters. The lowest BCUT2D eigenvalue weighted by molar-refractivity contribution is -0.119. The van der Waals surface area contributed by atoms with Crippen LogP contribution in [0.5, 0.6) is 0 Å². The van der Waals surface area contributed by atoms with Crippen LogP contribution >= 0.6 is 0 Å². The number of amides is 4. The summed E-state index contributed by atoms with van der Waals surface area (Å²) >= 11 is 0. The Hall–Kier alpha value is -5.52. The van der Waals surface area contributed by atoms with Crippen molar-refractivity contribution in [1.29, 1.82) is 0 Å². The first-order chi connectivity index (χ1) is 18.5. The number of carbonyl (C=O) groups excluding carboxylic acids is 4. The van der Waals surface area contributed by atoms with Gasteiger partial charge in [0.15, 0.2) is 11.5 Å². The molecule has 194 valence electrons. The first kappa shape index (κ1) is 25.6. The highest BCUT2D eigenvalue weighted by Gasteiger charge is 2.18. The first-order valence-corrected chi connectivity index (χ1v) is 11.3. The Kier molecular flexibility index (Phi) is 8.37. The van der Waals surface area contributed by atoms with Gasteiger partial charge in [0, 0.05) is 25.2 Å². The molecular weight excluding hydrogens is 496 g/mol. The van der Waals surface area contributed by atoms with Crippen LogP contribution in [0.15, 0.2) is 103 Å². The molecule has 0 radical (unpaired) electrons. The lowest BCUT2D eigenvalue weighted by Gasteiger charge is -2.12. The first-order valence-electron chi connectivity index (χ1n) is 11.3. The van der Waals surface area contributed by atoms with E-state index in [-0.39, 0.29) is 36.0 Å². The summed E-state index contributed by atoms with van der Waals surface area (Å²) in [4.78, 5) is 50.3. The SMILES string of the molecule is O=C(NCCNC(=O)/C(=C/c1ccco1)NC(=O)c1ccco1)/C(=C/c1ccco1)NC(=O)c1ccco1. The minimum Gasteiger partial charge on any atom is -0.465 e. The second-order valence-electron chi connectivity index (χ2n) is 7.52. The highest BCUT2D eigenvalue weighted by Crippen LogP contribution is 2.09. The summed E-state index contributed by atoms with van der Waals surface area (Å²) in [7, 11) is 0. The number of nitrogens with one attached hydrogen (secondary N) is 4. The average Bonchev–Trinajstić information content (AvgIpc) is 3.73. The quantitative estimate of drug-likeness (QED) is 0.173. The largest absolute Gasteiger partial charge is 0.465 e. The molecule has 4 aromatic heterocycles. The van der Waals surface area contributed by atoms with Gasteiger partial charge in [0.1, 0.15) is 22.9 Å². The maximum Gasteiger partial charge on any atom is 0.291 e. The Morgan fingerprint density at radius 2 is 0.974 bits per heavy atom. The Morgan fingerprint density at radius 1 is 0.579 bits per heavy atom. The van der Waals surface area contributed by atoms with Crippen molar-refractivity contribution < 1.29 is 36.8 Å². The molecular formula is C26H22N4O8. The molecule has 4 heterocycles. The second-order valence-corrected chi connectivity index (χ2v) is 7.52. The summed E-state index contributed by atoms with van der Waals surface area (Å²) in [5.41, 5.74) is -0.200. The summed E-state index contributed by atoms with van der Waals surface area (Å²) < 4.78 is 20.6. The monoisotopic (exact) mass is 518 g/mol. The van der Waals surface area contributed by atoms with E-state index >= 15 is 0 Å². The smallest absolute Gasteiger partial charge is 0.291 e. The van der Waals surface area contributed by atoms with Crippen molar-refractivity contribution in [2.75, 3.05) is 13.1 Å². The third-order valence-electron chi connectivity index (χ3n) is 4.83. The topological polar surface area (TPSA) is 169 Å². The molecule has 0 saturated heterocycles. The van der Waals surface area contributed by atoms with Gasteiger partial charge in [-0.15, -0.1) is 0 Å². The minimum atomic E-state index is -0.631. The van der Waals surface area contributed by atoms with Gasteiger partial charge in [0.25, 0.3) is 23.6 Å². The van der Waals surface area contributed by atoms with Crippen molar-refractivity contribution in [3.05, 3.63) is 108 Å². The van der Waals surface area contributed by atoms with Gasteiger partial charge in [-0.2, -0.15) is 0 Å². The van der Waals surface area contributed by atoms with Crippen molar-refractivity contribution in [1.82, 2.24) is 21.3 Å². The molecule has 0 spiro atoms. The van der Waals surface area contributed by atoms with Crippen LogP contribution in [-0.2, 0) is 9.59 Å². The van der Waals surface area contributed by atoms with Crippen LogP contribution in [0.2, 0.25) is 0 Å². The van der Waals surface area contributed by atoms with Crippen molar-refractivity contribution in [3.8, 4) is 0 Å². The average molecular weight is 518 g/mol. The normalized spacial score (nSPS) is 11.6. The van der Waals surface area contributed by atoms with Gasteiger partial charge >= 0.3 is 0 Å². The highest BCUT2D eigenvalue weighted by molar-refractivity contribution is 6.05. The van der Waals surface area contributed by atoms with Crippen LogP contribution in [0.25, 0.3) is 12.2 Å². The van der Waals surface area contributed by atoms with Crippen molar-refractivity contribution in [2.24, 2.45) is 0 Å². The third kappa shape index (κ3) is 7.01. The standard InChI is InChI=1S/C26H22N4O8/c31-23(19(15-17-5-1-11-35-17)29-25(33)21-7-3-13-37-21)27-9-10-28-24(32)20(16-18-6-2-12-36-18)30-26(34)22-8-4-14-38-22/h1-8,11-16H,9-10H2,(H,27,31)(H,28,32)(H,29,33)(H,30,34)/b19-15-,20-16-. The fourth-order valence-electron chi connectivity index (χ4n) is 3.07. The number of carbonyl (C=O) groups is 4. The van der Waals surface area contributed by atoms with Gasteiger partial charge < -0.3 is 38.9 Å².